The highest BCUT2D eigenvalue weighted by Gasteiger charge is 2.22. The van der Waals surface area contributed by atoms with Gasteiger partial charge >= 0.3 is 0 Å². The zero-order valence-electron chi connectivity index (χ0n) is 13.7. The maximum absolute atomic E-state index is 10.6. The van der Waals surface area contributed by atoms with Crippen LogP contribution in [0.25, 0.3) is 11.1 Å². The van der Waals surface area contributed by atoms with Gasteiger partial charge in [-0.05, 0) is 35.7 Å². The minimum absolute atomic E-state index is 0.476. The summed E-state index contributed by atoms with van der Waals surface area (Å²) in [6.07, 6.45) is 0. The van der Waals surface area contributed by atoms with Gasteiger partial charge in [0.05, 0.1) is 11.6 Å². The number of nitrogens with one attached hydrogen (secondary N) is 1. The van der Waals surface area contributed by atoms with Crippen molar-refractivity contribution in [2.45, 2.75) is 31.6 Å². The normalized spacial score (nSPS) is 13.6. The molecule has 120 valence electrons. The minimum atomic E-state index is -0.912. The molecule has 0 fully saturated rings. The van der Waals surface area contributed by atoms with Crippen LogP contribution < -0.4 is 4.72 Å². The highest BCUT2D eigenvalue weighted by molar-refractivity contribution is 7.97. The molecule has 2 rings (SSSR count). The number of hydrogen-bond acceptors (Lipinski definition) is 4. The molecule has 23 heavy (non-hydrogen) atoms. The van der Waals surface area contributed by atoms with Gasteiger partial charge in [0.25, 0.3) is 0 Å². The Morgan fingerprint density at radius 1 is 1.09 bits per heavy atom. The van der Waals surface area contributed by atoms with Gasteiger partial charge in [-0.15, -0.1) is 0 Å². The quantitative estimate of drug-likeness (QED) is 0.785. The first-order valence-corrected chi connectivity index (χ1v) is 8.52. The number of nitrogens with zero attached hydrogens (tertiary/aromatic N) is 1. The number of aliphatic hydroxyl groups is 1. The van der Waals surface area contributed by atoms with E-state index in [-0.39, 0.29) is 0 Å². The van der Waals surface area contributed by atoms with Crippen LogP contribution in [0.4, 0.5) is 0 Å². The van der Waals surface area contributed by atoms with Gasteiger partial charge in [-0.1, -0.05) is 62.2 Å². The highest BCUT2D eigenvalue weighted by atomic mass is 32.2. The predicted molar refractivity (Wildman–Crippen MR) is 96.9 cm³/mol. The van der Waals surface area contributed by atoms with Gasteiger partial charge in [0.15, 0.2) is 0 Å². The van der Waals surface area contributed by atoms with Crippen LogP contribution in [0.15, 0.2) is 48.5 Å². The third kappa shape index (κ3) is 4.84. The van der Waals surface area contributed by atoms with Crippen LogP contribution in [0.3, 0.4) is 0 Å². The molecule has 1 atom stereocenters. The van der Waals surface area contributed by atoms with Gasteiger partial charge in [0.2, 0.25) is 0 Å². The molecule has 4 heteroatoms. The van der Waals surface area contributed by atoms with Gasteiger partial charge in [0.1, 0.15) is 5.60 Å². The van der Waals surface area contributed by atoms with Crippen LogP contribution in [0, 0.1) is 11.3 Å². The van der Waals surface area contributed by atoms with Crippen molar-refractivity contribution < 1.29 is 5.11 Å². The lowest BCUT2D eigenvalue weighted by molar-refractivity contribution is 0.0635. The van der Waals surface area contributed by atoms with Crippen molar-refractivity contribution >= 4 is 11.9 Å². The van der Waals surface area contributed by atoms with E-state index in [9.17, 15) is 5.11 Å². The van der Waals surface area contributed by atoms with Crippen LogP contribution in [0.1, 0.15) is 31.9 Å². The first kappa shape index (κ1) is 17.6. The second-order valence-corrected chi connectivity index (χ2v) is 7.50. The Labute approximate surface area is 142 Å². The standard InChI is InChI=1S/C19H22N2OS/c1-14(2)23-21-13-19(3,22)18-10-8-17(9-11-18)16-6-4-15(12-20)5-7-16/h4-11,14,21-22H,13H2,1-3H3. The lowest BCUT2D eigenvalue weighted by Crippen LogP contribution is -2.33. The zero-order valence-corrected chi connectivity index (χ0v) is 14.5. The summed E-state index contributed by atoms with van der Waals surface area (Å²) >= 11 is 1.62. The van der Waals surface area contributed by atoms with Crippen LogP contribution in [-0.2, 0) is 5.60 Å². The van der Waals surface area contributed by atoms with Gasteiger partial charge in [-0.2, -0.15) is 5.26 Å². The topological polar surface area (TPSA) is 56.0 Å². The molecule has 2 N–H and O–H groups in total. The van der Waals surface area contributed by atoms with E-state index in [2.05, 4.69) is 24.6 Å². The molecular formula is C19H22N2OS. The summed E-state index contributed by atoms with van der Waals surface area (Å²) in [5.74, 6) is 0. The molecule has 2 aromatic rings. The fraction of sp³-hybridized carbons (Fsp3) is 0.316. The average molecular weight is 326 g/mol. The minimum Gasteiger partial charge on any atom is -0.384 e. The summed E-state index contributed by atoms with van der Waals surface area (Å²) in [6, 6.07) is 17.5. The molecule has 0 amide bonds. The number of benzene rings is 2. The molecule has 0 bridgehead atoms. The average Bonchev–Trinajstić information content (AvgIpc) is 2.54. The molecular weight excluding hydrogens is 304 g/mol. The van der Waals surface area contributed by atoms with E-state index in [1.54, 1.807) is 11.9 Å². The number of rotatable bonds is 6. The van der Waals surface area contributed by atoms with E-state index in [0.717, 1.165) is 16.7 Å². The zero-order chi connectivity index (χ0) is 16.9. The lowest BCUT2D eigenvalue weighted by Gasteiger charge is -2.24. The van der Waals surface area contributed by atoms with E-state index in [4.69, 9.17) is 5.26 Å². The molecule has 0 radical (unpaired) electrons. The van der Waals surface area contributed by atoms with Crippen molar-refractivity contribution in [3.63, 3.8) is 0 Å². The van der Waals surface area contributed by atoms with Crippen LogP contribution >= 0.6 is 11.9 Å². The summed E-state index contributed by atoms with van der Waals surface area (Å²) < 4.78 is 3.22. The number of hydrogen-bond donors (Lipinski definition) is 2. The van der Waals surface area contributed by atoms with Crippen LogP contribution in [0.5, 0.6) is 0 Å². The molecule has 1 unspecified atom stereocenters. The fourth-order valence-electron chi connectivity index (χ4n) is 2.21. The molecule has 0 aliphatic heterocycles. The molecule has 0 aliphatic rings. The third-order valence-electron chi connectivity index (χ3n) is 3.59. The summed E-state index contributed by atoms with van der Waals surface area (Å²) in [7, 11) is 0. The van der Waals surface area contributed by atoms with Gasteiger partial charge < -0.3 is 5.11 Å². The molecule has 0 aromatic heterocycles. The van der Waals surface area contributed by atoms with Crippen molar-refractivity contribution in [3.8, 4) is 17.2 Å². The Kier molecular flexibility index (Phi) is 5.84. The SMILES string of the molecule is CC(C)SNCC(C)(O)c1ccc(-c2ccc(C#N)cc2)cc1. The number of nitriles is 1. The predicted octanol–water partition coefficient (Wildman–Crippen LogP) is 4.08. The molecule has 3 nitrogen and oxygen atoms in total. The molecule has 0 saturated heterocycles. The van der Waals surface area contributed by atoms with Crippen LogP contribution in [-0.4, -0.2) is 16.9 Å². The first-order valence-electron chi connectivity index (χ1n) is 7.64. The van der Waals surface area contributed by atoms with E-state index >= 15 is 0 Å². The van der Waals surface area contributed by atoms with E-state index in [0.29, 0.717) is 17.4 Å². The first-order chi connectivity index (χ1) is 10.9. The van der Waals surface area contributed by atoms with Crippen molar-refractivity contribution in [3.05, 3.63) is 59.7 Å². The van der Waals surface area contributed by atoms with Crippen molar-refractivity contribution in [2.24, 2.45) is 0 Å². The largest absolute Gasteiger partial charge is 0.384 e. The monoisotopic (exact) mass is 326 g/mol. The molecule has 0 saturated carbocycles. The van der Waals surface area contributed by atoms with E-state index in [1.807, 2.05) is 55.5 Å². The van der Waals surface area contributed by atoms with Gasteiger partial charge in [-0.25, -0.2) is 0 Å². The van der Waals surface area contributed by atoms with Gasteiger partial charge in [0, 0.05) is 11.8 Å². The van der Waals surface area contributed by atoms with Crippen LogP contribution in [0.2, 0.25) is 0 Å². The van der Waals surface area contributed by atoms with E-state index in [1.165, 1.54) is 0 Å². The third-order valence-corrected chi connectivity index (χ3v) is 4.37. The smallest absolute Gasteiger partial charge is 0.100 e. The maximum Gasteiger partial charge on any atom is 0.100 e. The molecule has 0 aliphatic carbocycles. The lowest BCUT2D eigenvalue weighted by atomic mass is 9.94. The van der Waals surface area contributed by atoms with Crippen molar-refractivity contribution in [1.82, 2.24) is 4.72 Å². The Hall–Kier alpha value is -1.80. The Bertz CT molecular complexity index is 670. The van der Waals surface area contributed by atoms with Crippen molar-refractivity contribution in [2.75, 3.05) is 6.54 Å². The highest BCUT2D eigenvalue weighted by Crippen LogP contribution is 2.25. The van der Waals surface area contributed by atoms with Crippen molar-refractivity contribution in [1.29, 1.82) is 5.26 Å². The molecule has 0 heterocycles. The maximum atomic E-state index is 10.6. The summed E-state index contributed by atoms with van der Waals surface area (Å²) in [5, 5.41) is 19.9. The van der Waals surface area contributed by atoms with Gasteiger partial charge in [-0.3, -0.25) is 4.72 Å². The Morgan fingerprint density at radius 2 is 1.61 bits per heavy atom. The fourth-order valence-corrected chi connectivity index (χ4v) is 2.91. The summed E-state index contributed by atoms with van der Waals surface area (Å²) in [4.78, 5) is 0. The van der Waals surface area contributed by atoms with E-state index < -0.39 is 5.60 Å². The molecule has 0 spiro atoms. The summed E-state index contributed by atoms with van der Waals surface area (Å²) in [6.45, 7) is 6.53. The Balaban J connectivity index is 2.10. The Morgan fingerprint density at radius 3 is 2.09 bits per heavy atom. The summed E-state index contributed by atoms with van der Waals surface area (Å²) in [5.41, 5.74) is 2.75. The second-order valence-electron chi connectivity index (χ2n) is 6.03. The second kappa shape index (κ2) is 7.65. The molecule has 2 aromatic carbocycles.